The van der Waals surface area contributed by atoms with Crippen molar-refractivity contribution >= 4 is 33.8 Å². The highest BCUT2D eigenvalue weighted by Gasteiger charge is 2.26. The highest BCUT2D eigenvalue weighted by Crippen LogP contribution is 2.24. The highest BCUT2D eigenvalue weighted by atomic mass is 79.9. The van der Waals surface area contributed by atoms with Gasteiger partial charge in [-0.2, -0.15) is 0 Å². The molecule has 2 amide bonds. The van der Waals surface area contributed by atoms with Crippen molar-refractivity contribution in [2.24, 2.45) is 5.92 Å². The third kappa shape index (κ3) is 5.94. The molecule has 152 valence electrons. The van der Waals surface area contributed by atoms with Crippen LogP contribution in [0.25, 0.3) is 6.08 Å². The van der Waals surface area contributed by atoms with Gasteiger partial charge in [0.2, 0.25) is 11.8 Å². The molecule has 2 aromatic carbocycles. The van der Waals surface area contributed by atoms with Crippen LogP contribution in [0.5, 0.6) is 5.75 Å². The first-order chi connectivity index (χ1) is 14.1. The van der Waals surface area contributed by atoms with Gasteiger partial charge in [0.05, 0.1) is 7.11 Å². The van der Waals surface area contributed by atoms with Gasteiger partial charge in [-0.05, 0) is 42.7 Å². The summed E-state index contributed by atoms with van der Waals surface area (Å²) >= 11 is 3.43. The van der Waals surface area contributed by atoms with Crippen LogP contribution in [0, 0.1) is 5.92 Å². The van der Waals surface area contributed by atoms with Gasteiger partial charge in [0.15, 0.2) is 0 Å². The Morgan fingerprint density at radius 2 is 1.90 bits per heavy atom. The Balaban J connectivity index is 1.49. The molecule has 29 heavy (non-hydrogen) atoms. The maximum absolute atomic E-state index is 12.5. The number of carbonyl (C=O) groups is 2. The number of methoxy groups -OCH3 is 1. The van der Waals surface area contributed by atoms with Gasteiger partial charge in [0.1, 0.15) is 5.75 Å². The molecular formula is C23H25BrN2O3. The van der Waals surface area contributed by atoms with Crippen molar-refractivity contribution in [3.63, 3.8) is 0 Å². The van der Waals surface area contributed by atoms with Crippen molar-refractivity contribution in [1.29, 1.82) is 0 Å². The van der Waals surface area contributed by atoms with Crippen LogP contribution in [0.15, 0.2) is 59.1 Å². The number of piperidine rings is 1. The first kappa shape index (κ1) is 21.1. The lowest BCUT2D eigenvalue weighted by atomic mass is 9.95. The van der Waals surface area contributed by atoms with Crippen LogP contribution in [-0.2, 0) is 16.1 Å². The fourth-order valence-electron chi connectivity index (χ4n) is 3.39. The van der Waals surface area contributed by atoms with Crippen molar-refractivity contribution in [1.82, 2.24) is 10.2 Å². The van der Waals surface area contributed by atoms with Crippen LogP contribution in [0.4, 0.5) is 0 Å². The second-order valence-corrected chi connectivity index (χ2v) is 7.94. The number of ether oxygens (including phenoxy) is 1. The maximum atomic E-state index is 12.5. The minimum atomic E-state index is -0.0461. The minimum Gasteiger partial charge on any atom is -0.496 e. The van der Waals surface area contributed by atoms with E-state index in [0.717, 1.165) is 15.6 Å². The van der Waals surface area contributed by atoms with E-state index in [-0.39, 0.29) is 17.7 Å². The van der Waals surface area contributed by atoms with Crippen molar-refractivity contribution in [3.8, 4) is 5.75 Å². The van der Waals surface area contributed by atoms with Crippen molar-refractivity contribution in [2.75, 3.05) is 20.2 Å². The number of likely N-dealkylation sites (tertiary alicyclic amines) is 1. The van der Waals surface area contributed by atoms with Gasteiger partial charge >= 0.3 is 0 Å². The number of rotatable bonds is 6. The predicted molar refractivity (Wildman–Crippen MR) is 117 cm³/mol. The van der Waals surface area contributed by atoms with Gasteiger partial charge in [0.25, 0.3) is 0 Å². The molecule has 0 unspecified atom stereocenters. The Labute approximate surface area is 179 Å². The Kier molecular flexibility index (Phi) is 7.47. The van der Waals surface area contributed by atoms with Gasteiger partial charge in [-0.1, -0.05) is 46.3 Å². The van der Waals surface area contributed by atoms with E-state index in [1.165, 1.54) is 0 Å². The number of nitrogens with zero attached hydrogens (tertiary/aromatic N) is 1. The van der Waals surface area contributed by atoms with E-state index in [1.807, 2.05) is 48.5 Å². The normalized spacial score (nSPS) is 14.8. The van der Waals surface area contributed by atoms with Gasteiger partial charge in [-0.25, -0.2) is 0 Å². The largest absolute Gasteiger partial charge is 0.496 e. The van der Waals surface area contributed by atoms with E-state index in [0.29, 0.717) is 38.2 Å². The molecule has 1 saturated heterocycles. The quantitative estimate of drug-likeness (QED) is 0.667. The summed E-state index contributed by atoms with van der Waals surface area (Å²) in [4.78, 5) is 26.7. The van der Waals surface area contributed by atoms with Crippen LogP contribution >= 0.6 is 15.9 Å². The zero-order valence-electron chi connectivity index (χ0n) is 16.4. The van der Waals surface area contributed by atoms with Crippen molar-refractivity contribution in [2.45, 2.75) is 19.4 Å². The minimum absolute atomic E-state index is 0.0445. The lowest BCUT2D eigenvalue weighted by molar-refractivity contribution is -0.132. The molecule has 5 nitrogen and oxygen atoms in total. The molecule has 1 aliphatic heterocycles. The molecule has 1 heterocycles. The number of carbonyl (C=O) groups excluding carboxylic acids is 2. The van der Waals surface area contributed by atoms with E-state index in [4.69, 9.17) is 4.74 Å². The van der Waals surface area contributed by atoms with E-state index in [9.17, 15) is 9.59 Å². The first-order valence-corrected chi connectivity index (χ1v) is 10.5. The SMILES string of the molecule is COc1ccc(Br)cc1/C=C/C(=O)N1CCC(C(=O)NCc2ccccc2)CC1. The summed E-state index contributed by atoms with van der Waals surface area (Å²) in [6.45, 7) is 1.71. The summed E-state index contributed by atoms with van der Waals surface area (Å²) in [5.41, 5.74) is 1.92. The van der Waals surface area contributed by atoms with E-state index >= 15 is 0 Å². The zero-order valence-corrected chi connectivity index (χ0v) is 18.0. The summed E-state index contributed by atoms with van der Waals surface area (Å²) < 4.78 is 6.26. The predicted octanol–water partition coefficient (Wildman–Crippen LogP) is 4.03. The number of benzene rings is 2. The number of hydrogen-bond acceptors (Lipinski definition) is 3. The summed E-state index contributed by atoms with van der Waals surface area (Å²) in [6, 6.07) is 15.5. The second kappa shape index (κ2) is 10.3. The molecule has 6 heteroatoms. The molecule has 1 fully saturated rings. The van der Waals surface area contributed by atoms with E-state index < -0.39 is 0 Å². The summed E-state index contributed by atoms with van der Waals surface area (Å²) in [5, 5.41) is 3.00. The molecule has 1 aliphatic rings. The topological polar surface area (TPSA) is 58.6 Å². The fraction of sp³-hybridized carbons (Fsp3) is 0.304. The standard InChI is InChI=1S/C23H25BrN2O3/c1-29-21-9-8-20(24)15-19(21)7-10-22(27)26-13-11-18(12-14-26)23(28)25-16-17-5-3-2-4-6-17/h2-10,15,18H,11-14,16H2,1H3,(H,25,28)/b10-7+. The second-order valence-electron chi connectivity index (χ2n) is 7.02. The Hall–Kier alpha value is -2.60. The van der Waals surface area contributed by atoms with Crippen LogP contribution in [0.2, 0.25) is 0 Å². The molecule has 0 aliphatic carbocycles. The average Bonchev–Trinajstić information content (AvgIpc) is 2.76. The molecule has 1 N–H and O–H groups in total. The average molecular weight is 457 g/mol. The van der Waals surface area contributed by atoms with Crippen LogP contribution in [-0.4, -0.2) is 36.9 Å². The van der Waals surface area contributed by atoms with Crippen molar-refractivity contribution < 1.29 is 14.3 Å². The number of hydrogen-bond donors (Lipinski definition) is 1. The molecule has 0 atom stereocenters. The van der Waals surface area contributed by atoms with Gasteiger partial charge in [0, 0.05) is 41.7 Å². The molecule has 2 aromatic rings. The summed E-state index contributed by atoms with van der Waals surface area (Å²) in [5.74, 6) is 0.688. The number of halogens is 1. The van der Waals surface area contributed by atoms with Gasteiger partial charge in [-0.15, -0.1) is 0 Å². The zero-order chi connectivity index (χ0) is 20.6. The Bertz CT molecular complexity index is 875. The first-order valence-electron chi connectivity index (χ1n) is 9.69. The van der Waals surface area contributed by atoms with Crippen LogP contribution in [0.3, 0.4) is 0 Å². The van der Waals surface area contributed by atoms with Gasteiger partial charge < -0.3 is 15.0 Å². The summed E-state index contributed by atoms with van der Waals surface area (Å²) in [7, 11) is 1.61. The Morgan fingerprint density at radius 1 is 1.17 bits per heavy atom. The highest BCUT2D eigenvalue weighted by molar-refractivity contribution is 9.10. The van der Waals surface area contributed by atoms with Crippen LogP contribution in [0.1, 0.15) is 24.0 Å². The van der Waals surface area contributed by atoms with Crippen LogP contribution < -0.4 is 10.1 Å². The molecule has 0 spiro atoms. The van der Waals surface area contributed by atoms with E-state index in [2.05, 4.69) is 21.2 Å². The molecule has 0 radical (unpaired) electrons. The number of nitrogens with one attached hydrogen (secondary N) is 1. The molecular weight excluding hydrogens is 432 g/mol. The molecule has 0 bridgehead atoms. The Morgan fingerprint density at radius 3 is 2.59 bits per heavy atom. The third-order valence-electron chi connectivity index (χ3n) is 5.08. The third-order valence-corrected chi connectivity index (χ3v) is 5.58. The smallest absolute Gasteiger partial charge is 0.246 e. The lowest BCUT2D eigenvalue weighted by Gasteiger charge is -2.30. The molecule has 0 saturated carbocycles. The monoisotopic (exact) mass is 456 g/mol. The van der Waals surface area contributed by atoms with E-state index in [1.54, 1.807) is 24.2 Å². The van der Waals surface area contributed by atoms with Crippen molar-refractivity contribution in [3.05, 3.63) is 70.2 Å². The fourth-order valence-corrected chi connectivity index (χ4v) is 3.77. The van der Waals surface area contributed by atoms with Gasteiger partial charge in [-0.3, -0.25) is 9.59 Å². The molecule has 0 aromatic heterocycles. The lowest BCUT2D eigenvalue weighted by Crippen LogP contribution is -2.42. The molecule has 3 rings (SSSR count). The summed E-state index contributed by atoms with van der Waals surface area (Å²) in [6.07, 6.45) is 4.70. The maximum Gasteiger partial charge on any atom is 0.246 e. The number of amides is 2.